The Labute approximate surface area is 195 Å². The monoisotopic (exact) mass is 468 g/mol. The summed E-state index contributed by atoms with van der Waals surface area (Å²) >= 11 is 1.27. The number of benzene rings is 2. The van der Waals surface area contributed by atoms with Gasteiger partial charge in [0, 0.05) is 31.5 Å². The molecule has 0 unspecified atom stereocenters. The Hall–Kier alpha value is -3.17. The zero-order valence-electron chi connectivity index (χ0n) is 18.6. The number of hydrogen-bond donors (Lipinski definition) is 0. The maximum absolute atomic E-state index is 13.7. The number of aromatic nitrogens is 1. The second-order valence-electron chi connectivity index (χ2n) is 7.76. The minimum Gasteiger partial charge on any atom is -0.302 e. The summed E-state index contributed by atoms with van der Waals surface area (Å²) in [6.07, 6.45) is 0.410. The third-order valence-corrected chi connectivity index (χ3v) is 6.81. The lowest BCUT2D eigenvalue weighted by molar-refractivity contribution is -0.121. The van der Waals surface area contributed by atoms with E-state index >= 15 is 0 Å². The summed E-state index contributed by atoms with van der Waals surface area (Å²) in [5, 5.41) is 0.502. The zero-order valence-corrected chi connectivity index (χ0v) is 19.4. The second-order valence-corrected chi connectivity index (χ2v) is 8.77. The van der Waals surface area contributed by atoms with Crippen molar-refractivity contribution in [2.24, 2.45) is 0 Å². The average Bonchev–Trinajstić information content (AvgIpc) is 3.38. The number of imide groups is 1. The minimum atomic E-state index is -0.347. The first-order chi connectivity index (χ1) is 15.9. The lowest BCUT2D eigenvalue weighted by Gasteiger charge is -2.25. The van der Waals surface area contributed by atoms with Gasteiger partial charge in [0.25, 0.3) is 5.91 Å². The molecule has 2 aromatic carbocycles. The number of carbonyl (C=O) groups is 3. The SMILES string of the molecule is CCN(CC)CCN(C(=O)c1ccc(N2C(=O)CCC2=O)cc1)c1nc2ccc(F)cc2s1. The van der Waals surface area contributed by atoms with Crippen LogP contribution in [0, 0.1) is 5.82 Å². The molecule has 4 rings (SSSR count). The third kappa shape index (κ3) is 4.79. The molecule has 3 aromatic rings. The highest BCUT2D eigenvalue weighted by atomic mass is 32.1. The first-order valence-corrected chi connectivity index (χ1v) is 11.8. The van der Waals surface area contributed by atoms with Crippen LogP contribution in [-0.4, -0.2) is 53.8 Å². The molecule has 3 amide bonds. The van der Waals surface area contributed by atoms with Crippen LogP contribution in [0.2, 0.25) is 0 Å². The van der Waals surface area contributed by atoms with E-state index in [0.717, 1.165) is 18.0 Å². The second kappa shape index (κ2) is 9.76. The van der Waals surface area contributed by atoms with Crippen molar-refractivity contribution in [3.05, 3.63) is 53.8 Å². The van der Waals surface area contributed by atoms with Gasteiger partial charge in [0.1, 0.15) is 5.82 Å². The normalized spacial score (nSPS) is 14.0. The fourth-order valence-corrected chi connectivity index (χ4v) is 4.86. The van der Waals surface area contributed by atoms with Crippen molar-refractivity contribution < 1.29 is 18.8 Å². The van der Waals surface area contributed by atoms with Gasteiger partial charge in [-0.2, -0.15) is 0 Å². The Balaban J connectivity index is 1.63. The van der Waals surface area contributed by atoms with E-state index in [9.17, 15) is 18.8 Å². The summed E-state index contributed by atoms with van der Waals surface area (Å²) in [6, 6.07) is 10.9. The summed E-state index contributed by atoms with van der Waals surface area (Å²) < 4.78 is 14.3. The summed E-state index contributed by atoms with van der Waals surface area (Å²) in [4.78, 5) is 47.1. The number of thiazole rings is 1. The van der Waals surface area contributed by atoms with Gasteiger partial charge in [-0.15, -0.1) is 0 Å². The molecule has 1 fully saturated rings. The van der Waals surface area contributed by atoms with Gasteiger partial charge in [-0.25, -0.2) is 9.37 Å². The van der Waals surface area contributed by atoms with Crippen LogP contribution in [0.25, 0.3) is 10.2 Å². The highest BCUT2D eigenvalue weighted by molar-refractivity contribution is 7.22. The van der Waals surface area contributed by atoms with E-state index < -0.39 is 0 Å². The summed E-state index contributed by atoms with van der Waals surface area (Å²) in [5.74, 6) is -1.06. The van der Waals surface area contributed by atoms with E-state index in [0.29, 0.717) is 39.7 Å². The summed E-state index contributed by atoms with van der Waals surface area (Å²) in [6.45, 7) is 6.93. The molecule has 0 N–H and O–H groups in total. The number of halogens is 1. The van der Waals surface area contributed by atoms with Crippen molar-refractivity contribution in [1.82, 2.24) is 9.88 Å². The molecule has 0 bridgehead atoms. The lowest BCUT2D eigenvalue weighted by Crippen LogP contribution is -2.39. The fraction of sp³-hybridized carbons (Fsp3) is 0.333. The summed E-state index contributed by atoms with van der Waals surface area (Å²) in [5.41, 5.74) is 1.52. The lowest BCUT2D eigenvalue weighted by atomic mass is 10.1. The Bertz CT molecular complexity index is 1170. The van der Waals surface area contributed by atoms with E-state index in [1.807, 2.05) is 0 Å². The third-order valence-electron chi connectivity index (χ3n) is 5.77. The molecule has 1 saturated heterocycles. The van der Waals surface area contributed by atoms with Gasteiger partial charge in [0.05, 0.1) is 15.9 Å². The van der Waals surface area contributed by atoms with E-state index in [1.165, 1.54) is 23.5 Å². The Kier molecular flexibility index (Phi) is 6.80. The number of amides is 3. The topological polar surface area (TPSA) is 73.8 Å². The highest BCUT2D eigenvalue weighted by Crippen LogP contribution is 2.31. The molecule has 172 valence electrons. The first kappa shape index (κ1) is 23.0. The fourth-order valence-electron chi connectivity index (χ4n) is 3.84. The predicted octanol–water partition coefficient (Wildman–Crippen LogP) is 4.08. The van der Waals surface area contributed by atoms with Gasteiger partial charge in [-0.05, 0) is 55.6 Å². The number of hydrogen-bond acceptors (Lipinski definition) is 6. The van der Waals surface area contributed by atoms with Crippen molar-refractivity contribution in [3.8, 4) is 0 Å². The smallest absolute Gasteiger partial charge is 0.260 e. The molecule has 0 atom stereocenters. The number of carbonyl (C=O) groups excluding carboxylic acids is 3. The van der Waals surface area contributed by atoms with Crippen LogP contribution >= 0.6 is 11.3 Å². The van der Waals surface area contributed by atoms with E-state index in [2.05, 4.69) is 23.7 Å². The van der Waals surface area contributed by atoms with Gasteiger partial charge < -0.3 is 4.90 Å². The zero-order chi connectivity index (χ0) is 23.5. The van der Waals surface area contributed by atoms with Crippen LogP contribution in [-0.2, 0) is 9.59 Å². The van der Waals surface area contributed by atoms with Gasteiger partial charge in [0.15, 0.2) is 5.13 Å². The molecular formula is C24H25FN4O3S. The minimum absolute atomic E-state index is 0.205. The van der Waals surface area contributed by atoms with Crippen molar-refractivity contribution >= 4 is 50.1 Å². The Morgan fingerprint density at radius 1 is 1.03 bits per heavy atom. The molecule has 0 aliphatic carbocycles. The van der Waals surface area contributed by atoms with Crippen molar-refractivity contribution in [3.63, 3.8) is 0 Å². The van der Waals surface area contributed by atoms with Gasteiger partial charge in [-0.1, -0.05) is 25.2 Å². The molecule has 1 aliphatic rings. The largest absolute Gasteiger partial charge is 0.302 e. The van der Waals surface area contributed by atoms with Crippen LogP contribution in [0.15, 0.2) is 42.5 Å². The number of rotatable bonds is 8. The number of nitrogens with zero attached hydrogens (tertiary/aromatic N) is 4. The Morgan fingerprint density at radius 2 is 1.70 bits per heavy atom. The Morgan fingerprint density at radius 3 is 2.33 bits per heavy atom. The van der Waals surface area contributed by atoms with Crippen molar-refractivity contribution in [2.45, 2.75) is 26.7 Å². The van der Waals surface area contributed by atoms with Crippen LogP contribution in [0.4, 0.5) is 15.2 Å². The molecule has 1 aliphatic heterocycles. The maximum Gasteiger partial charge on any atom is 0.260 e. The molecular weight excluding hydrogens is 443 g/mol. The van der Waals surface area contributed by atoms with Gasteiger partial charge >= 0.3 is 0 Å². The molecule has 2 heterocycles. The predicted molar refractivity (Wildman–Crippen MR) is 127 cm³/mol. The van der Waals surface area contributed by atoms with Crippen LogP contribution < -0.4 is 9.80 Å². The van der Waals surface area contributed by atoms with Crippen molar-refractivity contribution in [2.75, 3.05) is 36.0 Å². The quantitative estimate of drug-likeness (QED) is 0.466. The first-order valence-electron chi connectivity index (χ1n) is 11.0. The van der Waals surface area contributed by atoms with Gasteiger partial charge in [-0.3, -0.25) is 24.2 Å². The number of anilines is 2. The summed E-state index contributed by atoms with van der Waals surface area (Å²) in [7, 11) is 0. The molecule has 1 aromatic heterocycles. The average molecular weight is 469 g/mol. The molecule has 7 nitrogen and oxygen atoms in total. The van der Waals surface area contributed by atoms with Crippen LogP contribution in [0.3, 0.4) is 0 Å². The number of fused-ring (bicyclic) bond motifs is 1. The number of likely N-dealkylation sites (N-methyl/N-ethyl adjacent to an activating group) is 1. The van der Waals surface area contributed by atoms with E-state index in [1.54, 1.807) is 35.2 Å². The molecule has 9 heteroatoms. The maximum atomic E-state index is 13.7. The molecule has 0 saturated carbocycles. The van der Waals surface area contributed by atoms with Gasteiger partial charge in [0.2, 0.25) is 11.8 Å². The molecule has 0 radical (unpaired) electrons. The van der Waals surface area contributed by atoms with Crippen LogP contribution in [0.5, 0.6) is 0 Å². The van der Waals surface area contributed by atoms with Crippen LogP contribution in [0.1, 0.15) is 37.0 Å². The standard InChI is InChI=1S/C24H25FN4O3S/c1-3-27(4-2)13-14-28(24-26-19-10-7-17(25)15-20(19)33-24)23(32)16-5-8-18(9-6-16)29-21(30)11-12-22(29)31/h5-10,15H,3-4,11-14H2,1-2H3. The van der Waals surface area contributed by atoms with E-state index in [-0.39, 0.29) is 36.4 Å². The molecule has 0 spiro atoms. The van der Waals surface area contributed by atoms with Crippen molar-refractivity contribution in [1.29, 1.82) is 0 Å². The van der Waals surface area contributed by atoms with E-state index in [4.69, 9.17) is 0 Å². The highest BCUT2D eigenvalue weighted by Gasteiger charge is 2.30. The molecule has 33 heavy (non-hydrogen) atoms.